The maximum absolute atomic E-state index is 13.4. The van der Waals surface area contributed by atoms with Crippen LogP contribution in [0.5, 0.6) is 0 Å². The highest BCUT2D eigenvalue weighted by Gasteiger charge is 2.34. The molecule has 39 heavy (non-hydrogen) atoms. The van der Waals surface area contributed by atoms with Crippen LogP contribution < -0.4 is 0 Å². The van der Waals surface area contributed by atoms with Crippen molar-refractivity contribution in [3.05, 3.63) is 58.7 Å². The van der Waals surface area contributed by atoms with Crippen LogP contribution in [-0.4, -0.2) is 17.3 Å². The molecule has 0 saturated heterocycles. The summed E-state index contributed by atoms with van der Waals surface area (Å²) in [5.41, 5.74) is 6.80. The molecule has 3 atom stereocenters. The first-order valence-corrected chi connectivity index (χ1v) is 15.3. The SMILES string of the molecule is CCC.CCCC(CC1CC(=O)c2c(C)ccc(-c3ccc(CC(C)C)cc3)c2C1)C(CC)C(=O)CC(C)=O. The molecule has 0 saturated carbocycles. The summed E-state index contributed by atoms with van der Waals surface area (Å²) in [6.07, 6.45) is 7.32. The molecular weight excluding hydrogens is 480 g/mol. The van der Waals surface area contributed by atoms with Crippen LogP contribution in [0.15, 0.2) is 36.4 Å². The number of Topliss-reactive ketones (excluding diaryl/α,β-unsaturated/α-hetero) is 3. The minimum absolute atomic E-state index is 0.0291. The average Bonchev–Trinajstić information content (AvgIpc) is 2.85. The largest absolute Gasteiger partial charge is 0.300 e. The number of hydrogen-bond acceptors (Lipinski definition) is 3. The molecule has 0 bridgehead atoms. The fourth-order valence-electron chi connectivity index (χ4n) is 6.30. The average molecular weight is 533 g/mol. The molecule has 0 aromatic heterocycles. The second-order valence-electron chi connectivity index (χ2n) is 12.1. The second-order valence-corrected chi connectivity index (χ2v) is 12.1. The van der Waals surface area contributed by atoms with Gasteiger partial charge in [0.05, 0.1) is 6.42 Å². The Labute approximate surface area is 238 Å². The maximum atomic E-state index is 13.4. The van der Waals surface area contributed by atoms with Crippen molar-refractivity contribution in [2.24, 2.45) is 23.7 Å². The van der Waals surface area contributed by atoms with Gasteiger partial charge in [0.1, 0.15) is 11.6 Å². The lowest BCUT2D eigenvalue weighted by Crippen LogP contribution is -2.30. The minimum atomic E-state index is -0.101. The Morgan fingerprint density at radius 1 is 0.949 bits per heavy atom. The van der Waals surface area contributed by atoms with E-state index < -0.39 is 0 Å². The van der Waals surface area contributed by atoms with E-state index in [1.54, 1.807) is 0 Å². The van der Waals surface area contributed by atoms with Crippen molar-refractivity contribution in [3.8, 4) is 11.1 Å². The molecule has 2 aromatic carbocycles. The summed E-state index contributed by atoms with van der Waals surface area (Å²) in [5, 5.41) is 0. The molecule has 0 spiro atoms. The van der Waals surface area contributed by atoms with Gasteiger partial charge in [0, 0.05) is 17.9 Å². The topological polar surface area (TPSA) is 51.2 Å². The molecular formula is C36H52O3. The number of rotatable bonds is 12. The van der Waals surface area contributed by atoms with E-state index in [1.807, 2.05) is 6.92 Å². The molecule has 0 amide bonds. The molecule has 1 aliphatic carbocycles. The maximum Gasteiger partial charge on any atom is 0.163 e. The summed E-state index contributed by atoms with van der Waals surface area (Å²) < 4.78 is 0. The lowest BCUT2D eigenvalue weighted by atomic mass is 9.71. The van der Waals surface area contributed by atoms with Crippen LogP contribution in [-0.2, 0) is 22.4 Å². The molecule has 1 aliphatic rings. The highest BCUT2D eigenvalue weighted by atomic mass is 16.1. The first-order valence-electron chi connectivity index (χ1n) is 15.3. The molecule has 2 aromatic rings. The lowest BCUT2D eigenvalue weighted by molar-refractivity contribution is -0.129. The summed E-state index contributed by atoms with van der Waals surface area (Å²) in [6.45, 7) is 16.5. The Morgan fingerprint density at radius 2 is 1.59 bits per heavy atom. The van der Waals surface area contributed by atoms with E-state index in [0.717, 1.165) is 55.2 Å². The number of carbonyl (C=O) groups is 3. The molecule has 3 rings (SSSR count). The normalized spacial score (nSPS) is 16.2. The second kappa shape index (κ2) is 15.9. The number of aryl methyl sites for hydroxylation is 1. The number of fused-ring (bicyclic) bond motifs is 1. The van der Waals surface area contributed by atoms with Crippen molar-refractivity contribution in [3.63, 3.8) is 0 Å². The smallest absolute Gasteiger partial charge is 0.163 e. The fourth-order valence-corrected chi connectivity index (χ4v) is 6.30. The molecule has 3 heteroatoms. The van der Waals surface area contributed by atoms with Gasteiger partial charge in [-0.05, 0) is 85.1 Å². The van der Waals surface area contributed by atoms with Gasteiger partial charge in [-0.2, -0.15) is 0 Å². The Kier molecular flexibility index (Phi) is 13.3. The zero-order chi connectivity index (χ0) is 29.1. The van der Waals surface area contributed by atoms with Crippen molar-refractivity contribution < 1.29 is 14.4 Å². The number of ketones is 3. The standard InChI is InChI=1S/C33H44O3.C3H8/c1-7-9-27(28(8-2)31(35)17-23(6)34)18-25-19-30-29(15-10-22(5)33(30)32(36)20-25)26-13-11-24(12-14-26)16-21(3)4;1-3-2/h10-15,21,25,27-28H,7-9,16-20H2,1-6H3;3H2,1-2H3. The summed E-state index contributed by atoms with van der Waals surface area (Å²) in [5.74, 6) is 1.20. The van der Waals surface area contributed by atoms with Crippen LogP contribution in [0, 0.1) is 30.6 Å². The number of hydrogen-bond donors (Lipinski definition) is 0. The van der Waals surface area contributed by atoms with Crippen molar-refractivity contribution in [1.82, 2.24) is 0 Å². The Hall–Kier alpha value is -2.55. The van der Waals surface area contributed by atoms with Crippen molar-refractivity contribution >= 4 is 17.3 Å². The van der Waals surface area contributed by atoms with Gasteiger partial charge in [-0.25, -0.2) is 0 Å². The lowest BCUT2D eigenvalue weighted by Gasteiger charge is -2.32. The quantitative estimate of drug-likeness (QED) is 0.256. The zero-order valence-corrected chi connectivity index (χ0v) is 25.9. The van der Waals surface area contributed by atoms with E-state index in [0.29, 0.717) is 12.3 Å². The highest BCUT2D eigenvalue weighted by molar-refractivity contribution is 6.02. The molecule has 0 aliphatic heterocycles. The summed E-state index contributed by atoms with van der Waals surface area (Å²) in [7, 11) is 0. The summed E-state index contributed by atoms with van der Waals surface area (Å²) in [6, 6.07) is 13.1. The van der Waals surface area contributed by atoms with Crippen molar-refractivity contribution in [2.45, 2.75) is 113 Å². The number of carbonyl (C=O) groups excluding carboxylic acids is 3. The third-order valence-corrected chi connectivity index (χ3v) is 7.82. The van der Waals surface area contributed by atoms with Crippen LogP contribution in [0.3, 0.4) is 0 Å². The van der Waals surface area contributed by atoms with Gasteiger partial charge < -0.3 is 0 Å². The molecule has 3 unspecified atom stereocenters. The van der Waals surface area contributed by atoms with E-state index in [-0.39, 0.29) is 41.5 Å². The third-order valence-electron chi connectivity index (χ3n) is 7.82. The van der Waals surface area contributed by atoms with Gasteiger partial charge in [-0.1, -0.05) is 97.2 Å². The van der Waals surface area contributed by atoms with Crippen LogP contribution >= 0.6 is 0 Å². The summed E-state index contributed by atoms with van der Waals surface area (Å²) in [4.78, 5) is 38.0. The van der Waals surface area contributed by atoms with Gasteiger partial charge in [0.25, 0.3) is 0 Å². The molecule has 0 N–H and O–H groups in total. The van der Waals surface area contributed by atoms with Gasteiger partial charge in [-0.3, -0.25) is 14.4 Å². The predicted molar refractivity (Wildman–Crippen MR) is 164 cm³/mol. The molecule has 0 radical (unpaired) electrons. The monoisotopic (exact) mass is 532 g/mol. The van der Waals surface area contributed by atoms with Gasteiger partial charge >= 0.3 is 0 Å². The van der Waals surface area contributed by atoms with Crippen LogP contribution in [0.25, 0.3) is 11.1 Å². The van der Waals surface area contributed by atoms with E-state index in [4.69, 9.17) is 0 Å². The highest BCUT2D eigenvalue weighted by Crippen LogP contribution is 2.40. The summed E-state index contributed by atoms with van der Waals surface area (Å²) >= 11 is 0. The van der Waals surface area contributed by atoms with Gasteiger partial charge in [0.2, 0.25) is 0 Å². The van der Waals surface area contributed by atoms with Crippen LogP contribution in [0.4, 0.5) is 0 Å². The van der Waals surface area contributed by atoms with Crippen LogP contribution in [0.2, 0.25) is 0 Å². The Bertz CT molecular complexity index is 1090. The number of benzene rings is 2. The molecule has 0 heterocycles. The van der Waals surface area contributed by atoms with E-state index >= 15 is 0 Å². The van der Waals surface area contributed by atoms with Crippen LogP contribution in [0.1, 0.15) is 120 Å². The van der Waals surface area contributed by atoms with E-state index in [9.17, 15) is 14.4 Å². The molecule has 0 fully saturated rings. The minimum Gasteiger partial charge on any atom is -0.300 e. The third kappa shape index (κ3) is 9.26. The first-order chi connectivity index (χ1) is 18.6. The van der Waals surface area contributed by atoms with E-state index in [1.165, 1.54) is 30.0 Å². The van der Waals surface area contributed by atoms with E-state index in [2.05, 4.69) is 77.9 Å². The van der Waals surface area contributed by atoms with Crippen molar-refractivity contribution in [2.75, 3.05) is 0 Å². The molecule has 3 nitrogen and oxygen atoms in total. The molecule has 214 valence electrons. The zero-order valence-electron chi connectivity index (χ0n) is 25.9. The van der Waals surface area contributed by atoms with Gasteiger partial charge in [0.15, 0.2) is 5.78 Å². The Balaban J connectivity index is 0.00000170. The van der Waals surface area contributed by atoms with Crippen molar-refractivity contribution in [1.29, 1.82) is 0 Å². The predicted octanol–water partition coefficient (Wildman–Crippen LogP) is 9.40. The fraction of sp³-hybridized carbons (Fsp3) is 0.583. The first kappa shape index (κ1) is 32.7. The van der Waals surface area contributed by atoms with Gasteiger partial charge in [-0.15, -0.1) is 0 Å². The Morgan fingerprint density at radius 3 is 2.13 bits per heavy atom.